The molecule has 0 bridgehead atoms. The number of carbonyl (C=O) groups excluding carboxylic acids is 1. The molecule has 3 aromatic heterocycles. The zero-order valence-electron chi connectivity index (χ0n) is 18.5. The van der Waals surface area contributed by atoms with Crippen molar-refractivity contribution in [1.29, 1.82) is 0 Å². The summed E-state index contributed by atoms with van der Waals surface area (Å²) in [5.74, 6) is -10.3. The first kappa shape index (κ1) is 26.5. The highest BCUT2D eigenvalue weighted by molar-refractivity contribution is 7.91. The molecular formula is C19H15F7N6O4S. The summed E-state index contributed by atoms with van der Waals surface area (Å²) in [4.78, 5) is 25.0. The Balaban J connectivity index is 1.74. The van der Waals surface area contributed by atoms with Gasteiger partial charge in [0.2, 0.25) is 5.88 Å². The Kier molecular flexibility index (Phi) is 6.28. The average molecular weight is 556 g/mol. The minimum atomic E-state index is -5.85. The second-order valence-electron chi connectivity index (χ2n) is 7.90. The van der Waals surface area contributed by atoms with E-state index in [0.29, 0.717) is 6.20 Å². The van der Waals surface area contributed by atoms with Gasteiger partial charge in [0.1, 0.15) is 5.69 Å². The molecule has 1 saturated heterocycles. The van der Waals surface area contributed by atoms with E-state index < -0.39 is 70.1 Å². The van der Waals surface area contributed by atoms with Crippen LogP contribution < -0.4 is 4.74 Å². The van der Waals surface area contributed by atoms with Crippen LogP contribution in [0.4, 0.5) is 30.7 Å². The summed E-state index contributed by atoms with van der Waals surface area (Å²) in [7, 11) is -4.11. The third kappa shape index (κ3) is 4.88. The quantitative estimate of drug-likeness (QED) is 0.408. The molecule has 200 valence electrons. The van der Waals surface area contributed by atoms with E-state index in [0.717, 1.165) is 27.9 Å². The maximum Gasteiger partial charge on any atom is 0.456 e. The third-order valence-corrected chi connectivity index (χ3v) is 6.85. The van der Waals surface area contributed by atoms with Crippen molar-refractivity contribution in [1.82, 2.24) is 29.5 Å². The molecule has 0 radical (unpaired) electrons. The maximum atomic E-state index is 13.3. The summed E-state index contributed by atoms with van der Waals surface area (Å²) in [6.45, 7) is -2.46. The first-order valence-corrected chi connectivity index (χ1v) is 11.9. The predicted molar refractivity (Wildman–Crippen MR) is 109 cm³/mol. The summed E-state index contributed by atoms with van der Waals surface area (Å²) in [6, 6.07) is 1.15. The van der Waals surface area contributed by atoms with Crippen molar-refractivity contribution in [3.05, 3.63) is 30.4 Å². The highest BCUT2D eigenvalue weighted by Crippen LogP contribution is 2.36. The van der Waals surface area contributed by atoms with Crippen molar-refractivity contribution in [3.8, 4) is 17.1 Å². The fraction of sp³-hybridized carbons (Fsp3) is 0.421. The van der Waals surface area contributed by atoms with E-state index in [1.165, 1.54) is 6.92 Å². The lowest BCUT2D eigenvalue weighted by Gasteiger charge is -2.38. The zero-order chi connectivity index (χ0) is 27.4. The lowest BCUT2D eigenvalue weighted by Crippen LogP contribution is -2.58. The van der Waals surface area contributed by atoms with Gasteiger partial charge in [0, 0.05) is 6.20 Å². The van der Waals surface area contributed by atoms with Crippen LogP contribution in [-0.4, -0.2) is 87.3 Å². The van der Waals surface area contributed by atoms with Gasteiger partial charge in [0.05, 0.1) is 42.5 Å². The van der Waals surface area contributed by atoms with E-state index in [1.54, 1.807) is 0 Å². The van der Waals surface area contributed by atoms with Gasteiger partial charge in [-0.1, -0.05) is 6.92 Å². The second kappa shape index (κ2) is 8.77. The van der Waals surface area contributed by atoms with Crippen LogP contribution in [0.15, 0.2) is 29.7 Å². The smallest absolute Gasteiger partial charge is 0.456 e. The molecule has 10 nitrogen and oxygen atoms in total. The van der Waals surface area contributed by atoms with Crippen molar-refractivity contribution in [2.75, 3.05) is 25.4 Å². The number of hydrogen-bond acceptors (Lipinski definition) is 8. The second-order valence-corrected chi connectivity index (χ2v) is 10.1. The fourth-order valence-corrected chi connectivity index (χ4v) is 4.24. The molecule has 0 spiro atoms. The third-order valence-electron chi connectivity index (χ3n) is 5.21. The topological polar surface area (TPSA) is 120 Å². The molecular weight excluding hydrogens is 541 g/mol. The van der Waals surface area contributed by atoms with Crippen LogP contribution in [0, 0.1) is 0 Å². The molecule has 37 heavy (non-hydrogen) atoms. The molecule has 1 amide bonds. The molecule has 0 aromatic carbocycles. The van der Waals surface area contributed by atoms with Crippen LogP contribution in [0.2, 0.25) is 0 Å². The first-order chi connectivity index (χ1) is 17.1. The van der Waals surface area contributed by atoms with Crippen LogP contribution in [0.3, 0.4) is 0 Å². The number of sulfone groups is 1. The highest BCUT2D eigenvalue weighted by Gasteiger charge is 2.58. The van der Waals surface area contributed by atoms with Gasteiger partial charge in [0.15, 0.2) is 27.1 Å². The Morgan fingerprint density at radius 3 is 2.32 bits per heavy atom. The van der Waals surface area contributed by atoms with E-state index in [1.807, 2.05) is 0 Å². The maximum absolute atomic E-state index is 13.3. The number of likely N-dealkylation sites (tertiary alicyclic amines) is 1. The number of nitrogens with zero attached hydrogens (tertiary/aromatic N) is 6. The van der Waals surface area contributed by atoms with Crippen molar-refractivity contribution in [2.45, 2.75) is 30.0 Å². The van der Waals surface area contributed by atoms with Crippen LogP contribution in [-0.2, 0) is 9.84 Å². The summed E-state index contributed by atoms with van der Waals surface area (Å²) in [5, 5.41) is 3.36. The molecule has 4 heterocycles. The van der Waals surface area contributed by atoms with Gasteiger partial charge in [-0.15, -0.1) is 0 Å². The lowest BCUT2D eigenvalue weighted by molar-refractivity contribution is -0.290. The van der Waals surface area contributed by atoms with Gasteiger partial charge in [-0.2, -0.15) is 27.1 Å². The lowest BCUT2D eigenvalue weighted by atomic mass is 10.1. The van der Waals surface area contributed by atoms with E-state index >= 15 is 0 Å². The van der Waals surface area contributed by atoms with Crippen LogP contribution in [0.1, 0.15) is 17.4 Å². The summed E-state index contributed by atoms with van der Waals surface area (Å²) in [6.07, 6.45) is -3.23. The molecule has 1 aliphatic heterocycles. The predicted octanol–water partition coefficient (Wildman–Crippen LogP) is 2.65. The van der Waals surface area contributed by atoms with Gasteiger partial charge in [-0.05, 0) is 6.07 Å². The Labute approximate surface area is 203 Å². The van der Waals surface area contributed by atoms with Crippen molar-refractivity contribution in [2.24, 2.45) is 0 Å². The molecule has 0 unspecified atom stereocenters. The summed E-state index contributed by atoms with van der Waals surface area (Å²) in [5.41, 5.74) is -1.01. The van der Waals surface area contributed by atoms with Gasteiger partial charge in [-0.3, -0.25) is 4.79 Å². The Hall–Kier alpha value is -3.57. The molecule has 0 atom stereocenters. The molecule has 1 fully saturated rings. The summed E-state index contributed by atoms with van der Waals surface area (Å²) >= 11 is 0. The standard InChI is InChI=1S/C19H15F7N6O4S/c1-2-37(34,35)15-13(10-5-29-12(6-28-10)36-9-18(22,23)19(24,25)26)14-27-4-3-11(32(14)30-15)16(33)31-7-17(20,21)8-31/h3-6H,2,7-9H2,1H3. The molecule has 4 rings (SSSR count). The van der Waals surface area contributed by atoms with Crippen molar-refractivity contribution < 1.29 is 48.7 Å². The Morgan fingerprint density at radius 2 is 1.78 bits per heavy atom. The monoisotopic (exact) mass is 556 g/mol. The van der Waals surface area contributed by atoms with Crippen LogP contribution >= 0.6 is 0 Å². The Bertz CT molecular complexity index is 1450. The number of ether oxygens (including phenoxy) is 1. The van der Waals surface area contributed by atoms with Gasteiger partial charge in [-0.25, -0.2) is 36.7 Å². The molecule has 1 aliphatic rings. The fourth-order valence-electron chi connectivity index (χ4n) is 3.25. The van der Waals surface area contributed by atoms with Gasteiger partial charge < -0.3 is 9.64 Å². The Morgan fingerprint density at radius 1 is 1.11 bits per heavy atom. The number of alkyl halides is 7. The largest absolute Gasteiger partial charge is 0.470 e. The van der Waals surface area contributed by atoms with Crippen LogP contribution in [0.5, 0.6) is 5.88 Å². The summed E-state index contributed by atoms with van der Waals surface area (Å²) < 4.78 is 120. The van der Waals surface area contributed by atoms with E-state index in [-0.39, 0.29) is 22.6 Å². The number of carbonyl (C=O) groups is 1. The van der Waals surface area contributed by atoms with Gasteiger partial charge in [0.25, 0.3) is 11.8 Å². The van der Waals surface area contributed by atoms with E-state index in [4.69, 9.17) is 0 Å². The van der Waals surface area contributed by atoms with Crippen molar-refractivity contribution >= 4 is 21.4 Å². The molecule has 0 N–H and O–H groups in total. The first-order valence-electron chi connectivity index (χ1n) is 10.2. The zero-order valence-corrected chi connectivity index (χ0v) is 19.3. The number of rotatable bonds is 7. The molecule has 18 heteroatoms. The number of halogens is 7. The van der Waals surface area contributed by atoms with Crippen LogP contribution in [0.25, 0.3) is 16.9 Å². The number of hydrogen-bond donors (Lipinski definition) is 0. The van der Waals surface area contributed by atoms with E-state index in [2.05, 4.69) is 24.8 Å². The number of amides is 1. The van der Waals surface area contributed by atoms with Gasteiger partial charge >= 0.3 is 12.1 Å². The SMILES string of the molecule is CCS(=O)(=O)c1nn2c(C(=O)N3CC(F)(F)C3)ccnc2c1-c1cnc(OCC(F)(F)C(F)(F)F)cn1. The minimum absolute atomic E-state index is 0.225. The minimum Gasteiger partial charge on any atom is -0.470 e. The highest BCUT2D eigenvalue weighted by atomic mass is 32.2. The molecule has 3 aromatic rings. The normalized spacial score (nSPS) is 16.1. The number of aromatic nitrogens is 5. The van der Waals surface area contributed by atoms with Crippen molar-refractivity contribution in [3.63, 3.8) is 0 Å². The average Bonchev–Trinajstić information content (AvgIpc) is 3.21. The molecule has 0 aliphatic carbocycles. The molecule has 0 saturated carbocycles. The number of fused-ring (bicyclic) bond motifs is 1. The van der Waals surface area contributed by atoms with E-state index in [9.17, 15) is 43.9 Å².